The summed E-state index contributed by atoms with van der Waals surface area (Å²) in [6.45, 7) is 0.111. The molecule has 0 aliphatic heterocycles. The van der Waals surface area contributed by atoms with Crippen molar-refractivity contribution in [2.75, 3.05) is 6.61 Å². The van der Waals surface area contributed by atoms with E-state index in [0.717, 1.165) is 22.3 Å². The molecule has 1 aliphatic rings. The maximum atomic E-state index is 12.4. The molecule has 31 heavy (non-hydrogen) atoms. The Morgan fingerprint density at radius 2 is 1.52 bits per heavy atom. The second-order valence-corrected chi connectivity index (χ2v) is 7.42. The lowest BCUT2D eigenvalue weighted by Gasteiger charge is -2.17. The number of amides is 1. The summed E-state index contributed by atoms with van der Waals surface area (Å²) in [7, 11) is 0. The highest BCUT2D eigenvalue weighted by atomic mass is 16.5. The maximum Gasteiger partial charge on any atom is 0.407 e. The van der Waals surface area contributed by atoms with Crippen LogP contribution in [0.2, 0.25) is 0 Å². The van der Waals surface area contributed by atoms with E-state index in [0.29, 0.717) is 17.4 Å². The van der Waals surface area contributed by atoms with E-state index in [4.69, 9.17) is 4.74 Å². The van der Waals surface area contributed by atoms with Crippen LogP contribution in [0.25, 0.3) is 11.1 Å². The van der Waals surface area contributed by atoms with Crippen LogP contribution in [-0.2, 0) is 16.0 Å². The van der Waals surface area contributed by atoms with Crippen molar-refractivity contribution in [2.24, 2.45) is 0 Å². The number of fused-ring (bicyclic) bond motifs is 3. The van der Waals surface area contributed by atoms with Crippen molar-refractivity contribution in [2.45, 2.75) is 18.4 Å². The number of benzene rings is 3. The SMILES string of the molecule is O=Cc1ccc(C[C@H](NC(=O)OCC2c3ccccc3-c3ccccc32)C(=O)O)cc1. The number of alkyl carbamates (subject to hydrolysis) is 1. The van der Waals surface area contributed by atoms with Gasteiger partial charge in [0.15, 0.2) is 0 Å². The number of ether oxygens (including phenoxy) is 1. The van der Waals surface area contributed by atoms with Gasteiger partial charge in [-0.15, -0.1) is 0 Å². The Kier molecular flexibility index (Phi) is 5.80. The first kappa shape index (κ1) is 20.3. The number of aldehydes is 1. The lowest BCUT2D eigenvalue weighted by Crippen LogP contribution is -2.42. The fraction of sp³-hybridized carbons (Fsp3) is 0.160. The lowest BCUT2D eigenvalue weighted by atomic mass is 9.98. The van der Waals surface area contributed by atoms with Gasteiger partial charge in [0.25, 0.3) is 0 Å². The van der Waals surface area contributed by atoms with Gasteiger partial charge in [0, 0.05) is 17.9 Å². The highest BCUT2D eigenvalue weighted by Crippen LogP contribution is 2.44. The van der Waals surface area contributed by atoms with Gasteiger partial charge in [-0.1, -0.05) is 72.8 Å². The Balaban J connectivity index is 1.42. The topological polar surface area (TPSA) is 92.7 Å². The molecule has 0 saturated carbocycles. The Bertz CT molecular complexity index is 1080. The number of carboxylic acid groups (broad SMARTS) is 1. The number of hydrogen-bond donors (Lipinski definition) is 2. The van der Waals surface area contributed by atoms with Gasteiger partial charge in [0.05, 0.1) is 0 Å². The maximum absolute atomic E-state index is 12.4. The molecule has 4 rings (SSSR count). The van der Waals surface area contributed by atoms with Crippen molar-refractivity contribution in [1.29, 1.82) is 0 Å². The van der Waals surface area contributed by atoms with Crippen molar-refractivity contribution in [3.8, 4) is 11.1 Å². The molecule has 0 spiro atoms. The summed E-state index contributed by atoms with van der Waals surface area (Å²) in [4.78, 5) is 34.8. The number of rotatable bonds is 7. The predicted octanol–water partition coefficient (Wildman–Crippen LogP) is 4.03. The molecule has 1 aliphatic carbocycles. The summed E-state index contributed by atoms with van der Waals surface area (Å²) in [6.07, 6.45) is 0.0188. The van der Waals surface area contributed by atoms with E-state index in [-0.39, 0.29) is 18.9 Å². The molecule has 156 valence electrons. The van der Waals surface area contributed by atoms with Gasteiger partial charge in [0.2, 0.25) is 0 Å². The van der Waals surface area contributed by atoms with Gasteiger partial charge in [-0.3, -0.25) is 4.79 Å². The summed E-state index contributed by atoms with van der Waals surface area (Å²) in [5.41, 5.74) is 5.60. The van der Waals surface area contributed by atoms with Gasteiger partial charge >= 0.3 is 12.1 Å². The fourth-order valence-electron chi connectivity index (χ4n) is 3.95. The number of carboxylic acids is 1. The van der Waals surface area contributed by atoms with Crippen LogP contribution in [0.1, 0.15) is 33.0 Å². The number of carbonyl (C=O) groups excluding carboxylic acids is 2. The lowest BCUT2D eigenvalue weighted by molar-refractivity contribution is -0.139. The van der Waals surface area contributed by atoms with Crippen molar-refractivity contribution in [3.05, 3.63) is 95.1 Å². The van der Waals surface area contributed by atoms with Gasteiger partial charge in [-0.2, -0.15) is 0 Å². The van der Waals surface area contributed by atoms with Crippen molar-refractivity contribution < 1.29 is 24.2 Å². The Morgan fingerprint density at radius 1 is 0.935 bits per heavy atom. The van der Waals surface area contributed by atoms with E-state index in [9.17, 15) is 19.5 Å². The zero-order valence-electron chi connectivity index (χ0n) is 16.7. The molecule has 6 nitrogen and oxygen atoms in total. The molecule has 0 aromatic heterocycles. The Morgan fingerprint density at radius 3 is 2.06 bits per heavy atom. The van der Waals surface area contributed by atoms with E-state index in [1.807, 2.05) is 48.5 Å². The van der Waals surface area contributed by atoms with Crippen LogP contribution in [0.5, 0.6) is 0 Å². The molecule has 6 heteroatoms. The standard InChI is InChI=1S/C25H21NO5/c27-14-17-11-9-16(10-12-17)13-23(24(28)29)26-25(30)31-15-22-20-7-3-1-5-18(20)19-6-2-4-8-21(19)22/h1-12,14,22-23H,13,15H2,(H,26,30)(H,28,29)/t23-/m0/s1. The first-order valence-electron chi connectivity index (χ1n) is 9.95. The zero-order chi connectivity index (χ0) is 21.8. The van der Waals surface area contributed by atoms with Crippen LogP contribution < -0.4 is 5.32 Å². The molecule has 1 amide bonds. The molecule has 0 bridgehead atoms. The average molecular weight is 415 g/mol. The van der Waals surface area contributed by atoms with Crippen LogP contribution >= 0.6 is 0 Å². The molecule has 3 aromatic rings. The molecule has 3 aromatic carbocycles. The summed E-state index contributed by atoms with van der Waals surface area (Å²) < 4.78 is 5.43. The largest absolute Gasteiger partial charge is 0.480 e. The number of hydrogen-bond acceptors (Lipinski definition) is 4. The zero-order valence-corrected chi connectivity index (χ0v) is 16.7. The molecule has 0 radical (unpaired) electrons. The summed E-state index contributed by atoms with van der Waals surface area (Å²) >= 11 is 0. The molecule has 2 N–H and O–H groups in total. The Labute approximate surface area is 179 Å². The molecule has 0 saturated heterocycles. The molecule has 1 atom stereocenters. The molecule has 0 unspecified atom stereocenters. The minimum absolute atomic E-state index is 0.0820. The van der Waals surface area contributed by atoms with E-state index < -0.39 is 18.1 Å². The minimum Gasteiger partial charge on any atom is -0.480 e. The van der Waals surface area contributed by atoms with Crippen molar-refractivity contribution in [1.82, 2.24) is 5.32 Å². The van der Waals surface area contributed by atoms with E-state index >= 15 is 0 Å². The summed E-state index contributed by atoms with van der Waals surface area (Å²) in [5, 5.41) is 11.9. The highest BCUT2D eigenvalue weighted by Gasteiger charge is 2.29. The van der Waals surface area contributed by atoms with Gasteiger partial charge in [-0.05, 0) is 27.8 Å². The molecule has 0 fully saturated rings. The highest BCUT2D eigenvalue weighted by molar-refractivity contribution is 5.81. The average Bonchev–Trinajstić information content (AvgIpc) is 3.11. The van der Waals surface area contributed by atoms with Gasteiger partial charge in [0.1, 0.15) is 18.9 Å². The Hall–Kier alpha value is -3.93. The third-order valence-corrected chi connectivity index (χ3v) is 5.49. The quantitative estimate of drug-likeness (QED) is 0.569. The van der Waals surface area contributed by atoms with Gasteiger partial charge < -0.3 is 15.2 Å². The number of aliphatic carboxylic acids is 1. The second kappa shape index (κ2) is 8.83. The number of carbonyl (C=O) groups is 3. The summed E-state index contributed by atoms with van der Waals surface area (Å²) in [6, 6.07) is 21.4. The van der Waals surface area contributed by atoms with E-state index in [2.05, 4.69) is 5.32 Å². The van der Waals surface area contributed by atoms with Crippen LogP contribution in [0, 0.1) is 0 Å². The minimum atomic E-state index is -1.16. The first-order valence-corrected chi connectivity index (χ1v) is 9.95. The van der Waals surface area contributed by atoms with Crippen LogP contribution in [-0.4, -0.2) is 36.1 Å². The van der Waals surface area contributed by atoms with Gasteiger partial charge in [-0.25, -0.2) is 9.59 Å². The normalized spacial score (nSPS) is 13.0. The second-order valence-electron chi connectivity index (χ2n) is 7.42. The monoisotopic (exact) mass is 415 g/mol. The third kappa shape index (κ3) is 4.33. The van der Waals surface area contributed by atoms with Crippen LogP contribution in [0.3, 0.4) is 0 Å². The van der Waals surface area contributed by atoms with E-state index in [1.54, 1.807) is 24.3 Å². The number of nitrogens with one attached hydrogen (secondary N) is 1. The first-order chi connectivity index (χ1) is 15.1. The predicted molar refractivity (Wildman–Crippen MR) is 115 cm³/mol. The van der Waals surface area contributed by atoms with E-state index in [1.165, 1.54) is 0 Å². The van der Waals surface area contributed by atoms with Crippen LogP contribution in [0.15, 0.2) is 72.8 Å². The third-order valence-electron chi connectivity index (χ3n) is 5.49. The molecular weight excluding hydrogens is 394 g/mol. The smallest absolute Gasteiger partial charge is 0.407 e. The fourth-order valence-corrected chi connectivity index (χ4v) is 3.95. The van der Waals surface area contributed by atoms with Crippen LogP contribution in [0.4, 0.5) is 4.79 Å². The summed E-state index contributed by atoms with van der Waals surface area (Å²) in [5.74, 6) is -1.26. The molecular formula is C25H21NO5. The van der Waals surface area contributed by atoms with Crippen molar-refractivity contribution in [3.63, 3.8) is 0 Å². The van der Waals surface area contributed by atoms with Crippen molar-refractivity contribution >= 4 is 18.3 Å². The molecule has 0 heterocycles.